The number of hydrogen-bond donors (Lipinski definition) is 2. The fourth-order valence-corrected chi connectivity index (χ4v) is 5.67. The molecular weight excluding hydrogens is 446 g/mol. The summed E-state index contributed by atoms with van der Waals surface area (Å²) in [6.07, 6.45) is 0.373. The molecule has 0 saturated carbocycles. The second-order valence-corrected chi connectivity index (χ2v) is 10.6. The number of benzene rings is 2. The van der Waals surface area contributed by atoms with Gasteiger partial charge in [0.2, 0.25) is 9.84 Å². The third-order valence-corrected chi connectivity index (χ3v) is 7.59. The molecule has 1 unspecified atom stereocenters. The van der Waals surface area contributed by atoms with Crippen molar-refractivity contribution < 1.29 is 35.6 Å². The Hall–Kier alpha value is -2.18. The van der Waals surface area contributed by atoms with Gasteiger partial charge in [0.15, 0.2) is 16.9 Å². The molecule has 1 atom stereocenters. The summed E-state index contributed by atoms with van der Waals surface area (Å²) in [7, 11) is -8.27. The van der Waals surface area contributed by atoms with Crippen LogP contribution in [0.3, 0.4) is 0 Å². The molecule has 0 aromatic heterocycles. The van der Waals surface area contributed by atoms with Crippen LogP contribution in [0.1, 0.15) is 12.0 Å². The lowest BCUT2D eigenvalue weighted by molar-refractivity contribution is 0.0785. The number of para-hydroxylation sites is 2. The number of hydrogen-bond acceptors (Lipinski definition) is 9. The van der Waals surface area contributed by atoms with Gasteiger partial charge in [-0.3, -0.25) is 0 Å². The first-order chi connectivity index (χ1) is 14.7. The second-order valence-electron chi connectivity index (χ2n) is 6.94. The Kier molecular flexibility index (Phi) is 7.55. The SMILES string of the molecule is Cc1cc(S(=O)(=O)Oc2ccccc2OCCCO)cc(S(=O)(=O)C2CNCCO2)c1. The third kappa shape index (κ3) is 5.74. The van der Waals surface area contributed by atoms with Crippen molar-refractivity contribution >= 4 is 20.0 Å². The van der Waals surface area contributed by atoms with E-state index in [4.69, 9.17) is 18.8 Å². The molecule has 0 aliphatic carbocycles. The van der Waals surface area contributed by atoms with Crippen molar-refractivity contribution in [2.24, 2.45) is 0 Å². The first-order valence-electron chi connectivity index (χ1n) is 9.69. The van der Waals surface area contributed by atoms with E-state index in [-0.39, 0.29) is 47.7 Å². The van der Waals surface area contributed by atoms with Crippen LogP contribution in [-0.2, 0) is 24.7 Å². The number of sulfone groups is 1. The summed E-state index contributed by atoms with van der Waals surface area (Å²) in [5.74, 6) is 0.160. The van der Waals surface area contributed by atoms with E-state index in [1.165, 1.54) is 18.2 Å². The smallest absolute Gasteiger partial charge is 0.339 e. The Morgan fingerprint density at radius 1 is 1.10 bits per heavy atom. The van der Waals surface area contributed by atoms with Crippen LogP contribution in [0.25, 0.3) is 0 Å². The van der Waals surface area contributed by atoms with Gasteiger partial charge in [-0.15, -0.1) is 0 Å². The molecule has 0 amide bonds. The molecule has 3 rings (SSSR count). The number of aryl methyl sites for hydroxylation is 1. The lowest BCUT2D eigenvalue weighted by Crippen LogP contribution is -2.43. The number of ether oxygens (including phenoxy) is 2. The van der Waals surface area contributed by atoms with Gasteiger partial charge in [-0.05, 0) is 42.8 Å². The van der Waals surface area contributed by atoms with Crippen LogP contribution in [0.15, 0.2) is 52.3 Å². The van der Waals surface area contributed by atoms with Gasteiger partial charge in [0, 0.05) is 26.1 Å². The molecule has 1 saturated heterocycles. The predicted molar refractivity (Wildman–Crippen MR) is 112 cm³/mol. The highest BCUT2D eigenvalue weighted by atomic mass is 32.2. The monoisotopic (exact) mass is 471 g/mol. The Morgan fingerprint density at radius 2 is 1.81 bits per heavy atom. The van der Waals surface area contributed by atoms with Crippen molar-refractivity contribution in [3.8, 4) is 11.5 Å². The fraction of sp³-hybridized carbons (Fsp3) is 0.400. The molecule has 170 valence electrons. The lowest BCUT2D eigenvalue weighted by Gasteiger charge is -2.24. The highest BCUT2D eigenvalue weighted by Crippen LogP contribution is 2.31. The Labute approximate surface area is 182 Å². The Balaban J connectivity index is 1.91. The van der Waals surface area contributed by atoms with E-state index in [0.717, 1.165) is 6.07 Å². The van der Waals surface area contributed by atoms with Crippen LogP contribution in [0.2, 0.25) is 0 Å². The fourth-order valence-electron chi connectivity index (χ4n) is 2.97. The molecule has 0 spiro atoms. The summed E-state index contributed by atoms with van der Waals surface area (Å²) in [5.41, 5.74) is -0.653. The molecular formula is C20H25NO8S2. The van der Waals surface area contributed by atoms with Crippen LogP contribution in [-0.4, -0.2) is 60.3 Å². The Morgan fingerprint density at radius 3 is 2.48 bits per heavy atom. The number of morpholine rings is 1. The number of aliphatic hydroxyl groups is 1. The maximum Gasteiger partial charge on any atom is 0.339 e. The van der Waals surface area contributed by atoms with E-state index in [1.54, 1.807) is 25.1 Å². The first-order valence-corrected chi connectivity index (χ1v) is 12.6. The first kappa shape index (κ1) is 23.5. The van der Waals surface area contributed by atoms with Crippen LogP contribution in [0, 0.1) is 6.92 Å². The zero-order valence-corrected chi connectivity index (χ0v) is 18.6. The molecule has 1 heterocycles. The maximum atomic E-state index is 12.9. The quantitative estimate of drug-likeness (QED) is 0.410. The minimum Gasteiger partial charge on any atom is -0.490 e. The van der Waals surface area contributed by atoms with E-state index < -0.39 is 25.4 Å². The normalized spacial score (nSPS) is 17.3. The van der Waals surface area contributed by atoms with Gasteiger partial charge in [-0.1, -0.05) is 12.1 Å². The second kappa shape index (κ2) is 9.96. The molecule has 2 aromatic rings. The topological polar surface area (TPSA) is 128 Å². The van der Waals surface area contributed by atoms with Gasteiger partial charge in [-0.25, -0.2) is 8.42 Å². The van der Waals surface area contributed by atoms with E-state index in [1.807, 2.05) is 0 Å². The van der Waals surface area contributed by atoms with Gasteiger partial charge >= 0.3 is 10.1 Å². The predicted octanol–water partition coefficient (Wildman–Crippen LogP) is 1.24. The van der Waals surface area contributed by atoms with Gasteiger partial charge in [0.05, 0.1) is 18.1 Å². The van der Waals surface area contributed by atoms with E-state index in [2.05, 4.69) is 5.32 Å². The molecule has 0 radical (unpaired) electrons. The number of aliphatic hydroxyl groups excluding tert-OH is 1. The molecule has 1 fully saturated rings. The molecule has 2 aromatic carbocycles. The maximum absolute atomic E-state index is 12.9. The Bertz CT molecular complexity index is 1110. The molecule has 0 bridgehead atoms. The van der Waals surface area contributed by atoms with E-state index in [9.17, 15) is 16.8 Å². The van der Waals surface area contributed by atoms with Crippen LogP contribution in [0.4, 0.5) is 0 Å². The highest BCUT2D eigenvalue weighted by Gasteiger charge is 2.32. The average molecular weight is 472 g/mol. The lowest BCUT2D eigenvalue weighted by atomic mass is 10.2. The van der Waals surface area contributed by atoms with Crippen molar-refractivity contribution in [1.82, 2.24) is 5.32 Å². The van der Waals surface area contributed by atoms with Crippen LogP contribution >= 0.6 is 0 Å². The summed E-state index contributed by atoms with van der Waals surface area (Å²) >= 11 is 0. The van der Waals surface area contributed by atoms with Gasteiger partial charge < -0.3 is 24.1 Å². The average Bonchev–Trinajstić information content (AvgIpc) is 2.75. The molecule has 31 heavy (non-hydrogen) atoms. The summed E-state index contributed by atoms with van der Waals surface area (Å²) < 4.78 is 67.8. The minimum absolute atomic E-state index is 0.0360. The summed E-state index contributed by atoms with van der Waals surface area (Å²) in [5, 5.41) is 11.8. The van der Waals surface area contributed by atoms with Crippen molar-refractivity contribution in [2.75, 3.05) is 32.9 Å². The zero-order chi connectivity index (χ0) is 22.5. The van der Waals surface area contributed by atoms with E-state index >= 15 is 0 Å². The summed E-state index contributed by atoms with van der Waals surface area (Å²) in [4.78, 5) is -0.448. The van der Waals surface area contributed by atoms with Crippen molar-refractivity contribution in [3.63, 3.8) is 0 Å². The summed E-state index contributed by atoms with van der Waals surface area (Å²) in [6, 6.07) is 10.0. The number of rotatable bonds is 9. The summed E-state index contributed by atoms with van der Waals surface area (Å²) in [6.45, 7) is 2.63. The molecule has 9 nitrogen and oxygen atoms in total. The van der Waals surface area contributed by atoms with Crippen molar-refractivity contribution in [1.29, 1.82) is 0 Å². The third-order valence-electron chi connectivity index (χ3n) is 4.49. The molecule has 1 aliphatic heterocycles. The van der Waals surface area contributed by atoms with Crippen molar-refractivity contribution in [3.05, 3.63) is 48.0 Å². The van der Waals surface area contributed by atoms with Gasteiger partial charge in [-0.2, -0.15) is 8.42 Å². The molecule has 2 N–H and O–H groups in total. The van der Waals surface area contributed by atoms with Gasteiger partial charge in [0.1, 0.15) is 4.90 Å². The largest absolute Gasteiger partial charge is 0.490 e. The molecule has 1 aliphatic rings. The standard InChI is InChI=1S/C20H25NO8S2/c1-15-11-16(30(23,24)20-14-21-7-10-28-20)13-17(12-15)31(25,26)29-19-6-3-2-5-18(19)27-9-4-8-22/h2-3,5-6,11-13,20-22H,4,7-10,14H2,1H3. The van der Waals surface area contributed by atoms with Crippen LogP contribution in [0.5, 0.6) is 11.5 Å². The number of nitrogens with one attached hydrogen (secondary N) is 1. The molecule has 11 heteroatoms. The van der Waals surface area contributed by atoms with Crippen LogP contribution < -0.4 is 14.2 Å². The van der Waals surface area contributed by atoms with Crippen molar-refractivity contribution in [2.45, 2.75) is 28.6 Å². The minimum atomic E-state index is -4.35. The zero-order valence-electron chi connectivity index (χ0n) is 17.0. The van der Waals surface area contributed by atoms with E-state index in [0.29, 0.717) is 18.5 Å². The highest BCUT2D eigenvalue weighted by molar-refractivity contribution is 7.92. The van der Waals surface area contributed by atoms with Gasteiger partial charge in [0.25, 0.3) is 0 Å².